The zero-order valence-electron chi connectivity index (χ0n) is 21.6. The van der Waals surface area contributed by atoms with E-state index in [-0.39, 0.29) is 0 Å². The molecule has 2 aromatic carbocycles. The molecular formula is C28H29N2O+. The minimum atomic E-state index is -0.672. The van der Waals surface area contributed by atoms with E-state index in [9.17, 15) is 5.26 Å². The van der Waals surface area contributed by atoms with E-state index in [1.165, 1.54) is 0 Å². The summed E-state index contributed by atoms with van der Waals surface area (Å²) >= 11 is 0. The maximum atomic E-state index is 9.97. The van der Waals surface area contributed by atoms with E-state index >= 15 is 0 Å². The Kier molecular flexibility index (Phi) is 4.02. The Balaban J connectivity index is 1.87. The lowest BCUT2D eigenvalue weighted by Gasteiger charge is -2.22. The molecular weight excluding hydrogens is 380 g/mol. The van der Waals surface area contributed by atoms with Gasteiger partial charge in [0.25, 0.3) is 0 Å². The third-order valence-electron chi connectivity index (χ3n) is 6.68. The number of hydrogen-bond donors (Lipinski definition) is 0. The molecule has 0 bridgehead atoms. The average molecular weight is 413 g/mol. The third kappa shape index (κ3) is 3.22. The molecule has 0 aliphatic heterocycles. The summed E-state index contributed by atoms with van der Waals surface area (Å²) in [6.07, 6.45) is 4.84. The lowest BCUT2D eigenvalue weighted by molar-refractivity contribution is -0.666. The van der Waals surface area contributed by atoms with Crippen LogP contribution in [0.25, 0.3) is 33.2 Å². The molecule has 2 aromatic heterocycles. The van der Waals surface area contributed by atoms with E-state index in [1.807, 2.05) is 56.7 Å². The Bertz CT molecular complexity index is 1490. The van der Waals surface area contributed by atoms with Gasteiger partial charge in [0, 0.05) is 31.2 Å². The second-order valence-corrected chi connectivity index (χ2v) is 8.78. The van der Waals surface area contributed by atoms with Gasteiger partial charge in [0.15, 0.2) is 11.3 Å². The molecule has 0 spiro atoms. The third-order valence-corrected chi connectivity index (χ3v) is 6.68. The van der Waals surface area contributed by atoms with Gasteiger partial charge in [-0.1, -0.05) is 31.4 Å². The second kappa shape index (κ2) is 7.54. The first kappa shape index (κ1) is 16.6. The normalized spacial score (nSPS) is 17.3. The fourth-order valence-electron chi connectivity index (χ4n) is 4.93. The molecule has 3 heteroatoms. The summed E-state index contributed by atoms with van der Waals surface area (Å²) in [4.78, 5) is 0. The van der Waals surface area contributed by atoms with Crippen LogP contribution in [-0.4, -0.2) is 0 Å². The van der Waals surface area contributed by atoms with Gasteiger partial charge >= 0.3 is 0 Å². The molecule has 5 rings (SSSR count). The predicted molar refractivity (Wildman–Crippen MR) is 125 cm³/mol. The molecule has 0 saturated heterocycles. The molecule has 0 amide bonds. The smallest absolute Gasteiger partial charge is 0.216 e. The molecule has 3 nitrogen and oxygen atoms in total. The zero-order valence-corrected chi connectivity index (χ0v) is 18.6. The van der Waals surface area contributed by atoms with Crippen molar-refractivity contribution in [3.05, 3.63) is 64.3 Å². The van der Waals surface area contributed by atoms with E-state index in [4.69, 9.17) is 8.53 Å². The number of hydrogen-bond acceptors (Lipinski definition) is 2. The van der Waals surface area contributed by atoms with Gasteiger partial charge in [-0.25, -0.2) is 0 Å². The van der Waals surface area contributed by atoms with Crippen molar-refractivity contribution in [2.24, 2.45) is 7.05 Å². The van der Waals surface area contributed by atoms with Crippen molar-refractivity contribution >= 4 is 21.9 Å². The topological polar surface area (TPSA) is 40.8 Å². The van der Waals surface area contributed by atoms with Crippen LogP contribution in [0.3, 0.4) is 0 Å². The van der Waals surface area contributed by atoms with Crippen LogP contribution in [0, 0.1) is 32.1 Å². The number of nitrogens with zero attached hydrogens (tertiary/aromatic N) is 2. The minimum absolute atomic E-state index is 0.308. The molecule has 2 heterocycles. The first-order chi connectivity index (χ1) is 16.2. The van der Waals surface area contributed by atoms with Crippen LogP contribution in [0.15, 0.2) is 40.8 Å². The summed E-state index contributed by atoms with van der Waals surface area (Å²) < 4.78 is 34.6. The van der Waals surface area contributed by atoms with Crippen LogP contribution < -0.4 is 4.57 Å². The summed E-state index contributed by atoms with van der Waals surface area (Å²) in [5.41, 5.74) is 6.42. The van der Waals surface area contributed by atoms with Gasteiger partial charge in [-0.15, -0.1) is 0 Å². The number of aromatic nitrogens is 1. The summed E-state index contributed by atoms with van der Waals surface area (Å²) in [5, 5.41) is 11.7. The second-order valence-electron chi connectivity index (χ2n) is 8.78. The zero-order chi connectivity index (χ0) is 24.4. The highest BCUT2D eigenvalue weighted by atomic mass is 16.3. The minimum Gasteiger partial charge on any atom is -0.454 e. The van der Waals surface area contributed by atoms with Crippen LogP contribution in [0.5, 0.6) is 0 Å². The van der Waals surface area contributed by atoms with Crippen molar-refractivity contribution in [3.63, 3.8) is 0 Å². The van der Waals surface area contributed by atoms with Gasteiger partial charge in [-0.2, -0.15) is 9.83 Å². The molecule has 0 N–H and O–H groups in total. The van der Waals surface area contributed by atoms with Crippen LogP contribution in [0.1, 0.15) is 70.1 Å². The Hall–Kier alpha value is -3.12. The Morgan fingerprint density at radius 3 is 2.58 bits per heavy atom. The van der Waals surface area contributed by atoms with Crippen molar-refractivity contribution in [2.75, 3.05) is 0 Å². The lowest BCUT2D eigenvalue weighted by atomic mass is 9.83. The molecule has 1 fully saturated rings. The highest BCUT2D eigenvalue weighted by Gasteiger charge is 2.24. The van der Waals surface area contributed by atoms with Gasteiger partial charge in [0.2, 0.25) is 5.69 Å². The first-order valence-corrected chi connectivity index (χ1v) is 11.0. The number of furan rings is 1. The van der Waals surface area contributed by atoms with Crippen LogP contribution in [0.2, 0.25) is 0 Å². The summed E-state index contributed by atoms with van der Waals surface area (Å²) in [5.74, 6) is -0.672. The summed E-state index contributed by atoms with van der Waals surface area (Å²) in [6, 6.07) is 10.9. The van der Waals surface area contributed by atoms with Crippen LogP contribution >= 0.6 is 0 Å². The predicted octanol–water partition coefficient (Wildman–Crippen LogP) is 6.92. The van der Waals surface area contributed by atoms with Crippen LogP contribution in [0.4, 0.5) is 0 Å². The molecule has 0 atom stereocenters. The first-order valence-electron chi connectivity index (χ1n) is 12.5. The number of pyridine rings is 1. The largest absolute Gasteiger partial charge is 0.454 e. The fourth-order valence-corrected chi connectivity index (χ4v) is 4.93. The van der Waals surface area contributed by atoms with Gasteiger partial charge < -0.3 is 4.42 Å². The van der Waals surface area contributed by atoms with Crippen molar-refractivity contribution in [2.45, 2.75) is 58.8 Å². The lowest BCUT2D eigenvalue weighted by Crippen LogP contribution is -2.35. The number of aryl methyl sites for hydroxylation is 1. The number of benzene rings is 2. The quantitative estimate of drug-likeness (QED) is 0.335. The van der Waals surface area contributed by atoms with E-state index in [0.29, 0.717) is 40.1 Å². The van der Waals surface area contributed by atoms with Crippen LogP contribution in [-0.2, 0) is 7.05 Å². The molecule has 1 aliphatic carbocycles. The summed E-state index contributed by atoms with van der Waals surface area (Å²) in [6.45, 7) is 5.70. The molecule has 31 heavy (non-hydrogen) atoms. The number of rotatable bonds is 2. The molecule has 156 valence electrons. The SMILES string of the molecule is [2H]c1c(C)c([2H])c(-c2c(C)ccc3c2oc2c(C#N)cc(C4([2H])CCCCC4)cc23)[n+](C)c1C. The van der Waals surface area contributed by atoms with Crippen molar-refractivity contribution < 1.29 is 13.1 Å². The molecule has 0 unspecified atom stereocenters. The standard InChI is InChI=1S/C28H29N2O/c1-17-12-19(3)30(4)25(13-17)26-18(2)10-11-23-24-15-21(20-8-6-5-7-9-20)14-22(16-29)27(24)31-28(23)26/h10-15,20H,5-9H2,1-4H3/q+1/i12D,13D,20D. The maximum absolute atomic E-state index is 9.97. The Labute approximate surface area is 188 Å². The number of fused-ring (bicyclic) bond motifs is 3. The van der Waals surface area contributed by atoms with Gasteiger partial charge in [-0.3, -0.25) is 0 Å². The van der Waals surface area contributed by atoms with E-state index in [0.717, 1.165) is 65.3 Å². The van der Waals surface area contributed by atoms with Gasteiger partial charge in [-0.05, 0) is 61.4 Å². The average Bonchev–Trinajstić information content (AvgIpc) is 3.21. The molecule has 1 aliphatic rings. The molecule has 0 radical (unpaired) electrons. The summed E-state index contributed by atoms with van der Waals surface area (Å²) in [7, 11) is 1.88. The maximum Gasteiger partial charge on any atom is 0.216 e. The fraction of sp³-hybridized carbons (Fsp3) is 0.357. The van der Waals surface area contributed by atoms with Crippen molar-refractivity contribution in [1.82, 2.24) is 0 Å². The van der Waals surface area contributed by atoms with Crippen molar-refractivity contribution in [3.8, 4) is 17.3 Å². The van der Waals surface area contributed by atoms with Crippen molar-refractivity contribution in [1.29, 1.82) is 5.26 Å². The molecule has 1 saturated carbocycles. The van der Waals surface area contributed by atoms with Gasteiger partial charge in [0.1, 0.15) is 18.7 Å². The van der Waals surface area contributed by atoms with E-state index in [1.54, 1.807) is 0 Å². The highest BCUT2D eigenvalue weighted by Crippen LogP contribution is 2.41. The van der Waals surface area contributed by atoms with E-state index < -0.39 is 5.89 Å². The Morgan fingerprint density at radius 2 is 1.84 bits per heavy atom. The van der Waals surface area contributed by atoms with Gasteiger partial charge in [0.05, 0.1) is 13.9 Å². The Morgan fingerprint density at radius 1 is 1.06 bits per heavy atom. The monoisotopic (exact) mass is 412 g/mol. The number of nitriles is 1. The molecule has 4 aromatic rings. The highest BCUT2D eigenvalue weighted by molar-refractivity contribution is 6.11. The van der Waals surface area contributed by atoms with E-state index in [2.05, 4.69) is 6.07 Å².